The Kier molecular flexibility index (Phi) is 11.5. The normalized spacial score (nSPS) is 29.6. The number of rotatable bonds is 10. The summed E-state index contributed by atoms with van der Waals surface area (Å²) in [6.07, 6.45) is 33.6. The molecule has 0 radical (unpaired) electrons. The van der Waals surface area contributed by atoms with Crippen LogP contribution in [0.2, 0.25) is 0 Å². The monoisotopic (exact) mass is 504 g/mol. The quantitative estimate of drug-likeness (QED) is 0.274. The molecule has 5 heteroatoms. The number of imidazole rings is 1. The van der Waals surface area contributed by atoms with Crippen LogP contribution in [0.3, 0.4) is 0 Å². The maximum absolute atomic E-state index is 11.2. The highest BCUT2D eigenvalue weighted by molar-refractivity contribution is 5.10. The second kappa shape index (κ2) is 15.3. The van der Waals surface area contributed by atoms with E-state index in [4.69, 9.17) is 5.26 Å². The first kappa shape index (κ1) is 27.9. The number of allylic oxidation sites excluding steroid dienone is 6. The number of aliphatic hydroxyl groups excluding tert-OH is 1. The minimum atomic E-state index is -0.431. The van der Waals surface area contributed by atoms with E-state index in [1.165, 1.54) is 63.5 Å². The van der Waals surface area contributed by atoms with Crippen LogP contribution >= 0.6 is 0 Å². The number of nitrogens with zero attached hydrogens (tertiary/aromatic N) is 3. The third-order valence-corrected chi connectivity index (χ3v) is 8.88. The van der Waals surface area contributed by atoms with Crippen molar-refractivity contribution in [2.45, 2.75) is 103 Å². The summed E-state index contributed by atoms with van der Waals surface area (Å²) in [4.78, 5) is 4.40. The number of aromatic nitrogens is 2. The summed E-state index contributed by atoms with van der Waals surface area (Å²) in [6, 6.07) is 2.36. The van der Waals surface area contributed by atoms with E-state index >= 15 is 0 Å². The van der Waals surface area contributed by atoms with E-state index in [1.807, 2.05) is 12.5 Å². The van der Waals surface area contributed by atoms with E-state index in [9.17, 15) is 5.11 Å². The van der Waals surface area contributed by atoms with Crippen LogP contribution in [0.25, 0.3) is 0 Å². The van der Waals surface area contributed by atoms with E-state index in [-0.39, 0.29) is 5.92 Å². The molecule has 6 unspecified atom stereocenters. The Labute approximate surface area is 224 Å². The Morgan fingerprint density at radius 2 is 1.86 bits per heavy atom. The highest BCUT2D eigenvalue weighted by atomic mass is 16.3. The fraction of sp³-hybridized carbons (Fsp3) is 0.688. The third-order valence-electron chi connectivity index (χ3n) is 8.88. The second-order valence-electron chi connectivity index (χ2n) is 11.7. The molecule has 1 heterocycles. The third kappa shape index (κ3) is 9.27. The van der Waals surface area contributed by atoms with Crippen molar-refractivity contribution in [1.29, 1.82) is 5.26 Å². The van der Waals surface area contributed by atoms with Crippen LogP contribution in [-0.2, 0) is 13.0 Å². The van der Waals surface area contributed by atoms with Gasteiger partial charge in [0, 0.05) is 31.4 Å². The van der Waals surface area contributed by atoms with Crippen LogP contribution in [0, 0.1) is 40.9 Å². The van der Waals surface area contributed by atoms with Crippen LogP contribution in [-0.4, -0.2) is 27.4 Å². The lowest BCUT2D eigenvalue weighted by molar-refractivity contribution is 0.0525. The average molecular weight is 505 g/mol. The van der Waals surface area contributed by atoms with Crippen molar-refractivity contribution in [3.05, 3.63) is 54.7 Å². The molecule has 3 aliphatic rings. The Hall–Kier alpha value is -2.16. The maximum Gasteiger partial charge on any atom is 0.107 e. The van der Waals surface area contributed by atoms with Crippen LogP contribution in [0.15, 0.2) is 49.0 Å². The Morgan fingerprint density at radius 3 is 2.65 bits per heavy atom. The van der Waals surface area contributed by atoms with E-state index in [2.05, 4.69) is 57.4 Å². The SMILES string of the molecule is N#CC1C=CC(Cn2cncc2CCNC(O)C2CCCCCCCC(CCC3C=CC=CC3)C2)CC1. The average Bonchev–Trinajstić information content (AvgIpc) is 3.38. The molecule has 1 saturated carbocycles. The first-order valence-electron chi connectivity index (χ1n) is 15.0. The number of nitrogens with one attached hydrogen (secondary N) is 1. The van der Waals surface area contributed by atoms with E-state index in [0.29, 0.717) is 17.8 Å². The number of hydrogen-bond donors (Lipinski definition) is 2. The van der Waals surface area contributed by atoms with Crippen molar-refractivity contribution in [2.24, 2.45) is 29.6 Å². The molecule has 0 spiro atoms. The van der Waals surface area contributed by atoms with Crippen molar-refractivity contribution in [1.82, 2.24) is 14.9 Å². The van der Waals surface area contributed by atoms with Gasteiger partial charge in [-0.05, 0) is 68.6 Å². The van der Waals surface area contributed by atoms with Gasteiger partial charge in [-0.2, -0.15) is 5.26 Å². The van der Waals surface area contributed by atoms with Gasteiger partial charge in [-0.25, -0.2) is 4.98 Å². The standard InChI is InChI=1S/C32H48N4O/c33-22-28-15-17-29(18-16-28)24-36-25-34-23-31(36)19-20-35-32(37)30-12-8-3-1-2-5-11-27(21-30)14-13-26-9-6-4-7-10-26/h4,6-7,9,15,17,23,25-30,32,35,37H,1-3,5,8,10-14,16,18-21,24H2. The largest absolute Gasteiger partial charge is 0.378 e. The molecule has 3 aliphatic carbocycles. The molecule has 0 aliphatic heterocycles. The van der Waals surface area contributed by atoms with Gasteiger partial charge in [-0.3, -0.25) is 5.32 Å². The topological polar surface area (TPSA) is 73.9 Å². The molecule has 0 amide bonds. The van der Waals surface area contributed by atoms with Gasteiger partial charge in [0.15, 0.2) is 0 Å². The fourth-order valence-electron chi connectivity index (χ4n) is 6.50. The number of hydrogen-bond acceptors (Lipinski definition) is 4. The zero-order valence-corrected chi connectivity index (χ0v) is 22.7. The molecular weight excluding hydrogens is 456 g/mol. The van der Waals surface area contributed by atoms with Crippen LogP contribution in [0.5, 0.6) is 0 Å². The maximum atomic E-state index is 11.2. The second-order valence-corrected chi connectivity index (χ2v) is 11.7. The summed E-state index contributed by atoms with van der Waals surface area (Å²) in [5, 5.41) is 23.8. The predicted octanol–water partition coefficient (Wildman–Crippen LogP) is 6.72. The van der Waals surface area contributed by atoms with Crippen LogP contribution in [0.4, 0.5) is 0 Å². The van der Waals surface area contributed by atoms with Crippen molar-refractivity contribution in [3.8, 4) is 6.07 Å². The minimum absolute atomic E-state index is 0.0759. The molecule has 1 fully saturated rings. The summed E-state index contributed by atoms with van der Waals surface area (Å²) in [6.45, 7) is 1.69. The Bertz CT molecular complexity index is 925. The number of nitriles is 1. The van der Waals surface area contributed by atoms with Gasteiger partial charge in [-0.15, -0.1) is 0 Å². The molecule has 1 aromatic heterocycles. The molecule has 2 N–H and O–H groups in total. The van der Waals surface area contributed by atoms with E-state index < -0.39 is 6.23 Å². The summed E-state index contributed by atoms with van der Waals surface area (Å²) >= 11 is 0. The summed E-state index contributed by atoms with van der Waals surface area (Å²) < 4.78 is 2.25. The minimum Gasteiger partial charge on any atom is -0.378 e. The molecule has 6 atom stereocenters. The van der Waals surface area contributed by atoms with Gasteiger partial charge in [0.2, 0.25) is 0 Å². The molecule has 0 saturated heterocycles. The van der Waals surface area contributed by atoms with Crippen molar-refractivity contribution < 1.29 is 5.11 Å². The zero-order valence-electron chi connectivity index (χ0n) is 22.7. The molecule has 1 aromatic rings. The Balaban J connectivity index is 1.25. The summed E-state index contributed by atoms with van der Waals surface area (Å²) in [5.41, 5.74) is 1.22. The lowest BCUT2D eigenvalue weighted by Gasteiger charge is -2.30. The predicted molar refractivity (Wildman–Crippen MR) is 150 cm³/mol. The molecule has 0 bridgehead atoms. The van der Waals surface area contributed by atoms with Crippen LogP contribution in [0.1, 0.15) is 89.2 Å². The molecule has 37 heavy (non-hydrogen) atoms. The van der Waals surface area contributed by atoms with Gasteiger partial charge in [0.05, 0.1) is 18.3 Å². The zero-order chi connectivity index (χ0) is 25.7. The smallest absolute Gasteiger partial charge is 0.107 e. The van der Waals surface area contributed by atoms with Gasteiger partial charge in [0.25, 0.3) is 0 Å². The summed E-state index contributed by atoms with van der Waals surface area (Å²) in [5.74, 6) is 2.31. The number of aliphatic hydroxyl groups is 1. The lowest BCUT2D eigenvalue weighted by atomic mass is 9.80. The van der Waals surface area contributed by atoms with Crippen molar-refractivity contribution in [3.63, 3.8) is 0 Å². The molecule has 4 rings (SSSR count). The van der Waals surface area contributed by atoms with Crippen molar-refractivity contribution >= 4 is 0 Å². The fourth-order valence-corrected chi connectivity index (χ4v) is 6.50. The van der Waals surface area contributed by atoms with Gasteiger partial charge >= 0.3 is 0 Å². The first-order chi connectivity index (χ1) is 18.2. The lowest BCUT2D eigenvalue weighted by Crippen LogP contribution is -2.38. The summed E-state index contributed by atoms with van der Waals surface area (Å²) in [7, 11) is 0. The van der Waals surface area contributed by atoms with Gasteiger partial charge in [-0.1, -0.05) is 75.0 Å². The van der Waals surface area contributed by atoms with Crippen molar-refractivity contribution in [2.75, 3.05) is 6.54 Å². The molecular formula is C32H48N4O. The highest BCUT2D eigenvalue weighted by Crippen LogP contribution is 2.32. The molecule has 5 nitrogen and oxygen atoms in total. The molecule has 202 valence electrons. The highest BCUT2D eigenvalue weighted by Gasteiger charge is 2.24. The van der Waals surface area contributed by atoms with E-state index in [1.54, 1.807) is 0 Å². The van der Waals surface area contributed by atoms with E-state index in [0.717, 1.165) is 51.1 Å². The van der Waals surface area contributed by atoms with Gasteiger partial charge < -0.3 is 9.67 Å². The Morgan fingerprint density at radius 1 is 1.00 bits per heavy atom. The van der Waals surface area contributed by atoms with Crippen LogP contribution < -0.4 is 5.32 Å². The molecule has 0 aromatic carbocycles. The van der Waals surface area contributed by atoms with Gasteiger partial charge in [0.1, 0.15) is 6.23 Å². The first-order valence-corrected chi connectivity index (χ1v) is 15.0.